The van der Waals surface area contributed by atoms with Gasteiger partial charge in [-0.05, 0) is 29.8 Å². The van der Waals surface area contributed by atoms with Gasteiger partial charge in [0, 0.05) is 23.2 Å². The molecule has 1 aliphatic heterocycles. The topological polar surface area (TPSA) is 50.8 Å². The van der Waals surface area contributed by atoms with E-state index in [0.717, 1.165) is 23.2 Å². The third-order valence-electron chi connectivity index (χ3n) is 3.57. The molecule has 5 heteroatoms. The highest BCUT2D eigenvalue weighted by Crippen LogP contribution is 2.22. The predicted molar refractivity (Wildman–Crippen MR) is 93.0 cm³/mol. The van der Waals surface area contributed by atoms with Crippen molar-refractivity contribution in [2.75, 3.05) is 18.1 Å². The van der Waals surface area contributed by atoms with E-state index in [9.17, 15) is 0 Å². The monoisotopic (exact) mass is 359 g/mol. The smallest absolute Gasteiger partial charge is 0.282 e. The van der Waals surface area contributed by atoms with Gasteiger partial charge in [-0.3, -0.25) is 0 Å². The minimum atomic E-state index is 0.0763. The number of nitrogens with two attached hydrogens (primary N) is 1. The van der Waals surface area contributed by atoms with Crippen LogP contribution in [-0.4, -0.2) is 25.2 Å². The van der Waals surface area contributed by atoms with Crippen molar-refractivity contribution in [1.82, 2.24) is 0 Å². The summed E-state index contributed by atoms with van der Waals surface area (Å²) >= 11 is 3.48. The Hall–Kier alpha value is -2.01. The minimum Gasteiger partial charge on any atom is -0.463 e. The Bertz CT molecular complexity index is 643. The highest BCUT2D eigenvalue weighted by atomic mass is 79.9. The van der Waals surface area contributed by atoms with Crippen LogP contribution in [-0.2, 0) is 11.3 Å². The molecule has 2 aromatic rings. The van der Waals surface area contributed by atoms with E-state index < -0.39 is 0 Å². The Kier molecular flexibility index (Phi) is 4.63. The van der Waals surface area contributed by atoms with E-state index in [-0.39, 0.29) is 6.04 Å². The lowest BCUT2D eigenvalue weighted by Gasteiger charge is -2.26. The SMILES string of the molecule is NC1=NC(CN(Cc2ccccc2)c2ccc(Br)cc2)CO1. The lowest BCUT2D eigenvalue weighted by Crippen LogP contribution is -2.32. The van der Waals surface area contributed by atoms with Gasteiger partial charge in [-0.2, -0.15) is 0 Å². The summed E-state index contributed by atoms with van der Waals surface area (Å²) in [4.78, 5) is 6.64. The first-order chi connectivity index (χ1) is 10.7. The molecule has 22 heavy (non-hydrogen) atoms. The molecule has 114 valence electrons. The van der Waals surface area contributed by atoms with Crippen LogP contribution in [0.2, 0.25) is 0 Å². The number of aliphatic imine (C=N–C) groups is 1. The summed E-state index contributed by atoms with van der Waals surface area (Å²) in [6.45, 7) is 2.15. The van der Waals surface area contributed by atoms with Gasteiger partial charge >= 0.3 is 0 Å². The molecule has 0 aromatic heterocycles. The van der Waals surface area contributed by atoms with E-state index >= 15 is 0 Å². The molecule has 2 N–H and O–H groups in total. The second-order valence-electron chi connectivity index (χ2n) is 5.27. The van der Waals surface area contributed by atoms with Crippen molar-refractivity contribution in [2.24, 2.45) is 10.7 Å². The summed E-state index contributed by atoms with van der Waals surface area (Å²) in [6.07, 6.45) is 0. The summed E-state index contributed by atoms with van der Waals surface area (Å²) in [6, 6.07) is 19.1. The van der Waals surface area contributed by atoms with Gasteiger partial charge < -0.3 is 15.4 Å². The molecule has 0 radical (unpaired) electrons. The van der Waals surface area contributed by atoms with Gasteiger partial charge in [-0.15, -0.1) is 0 Å². The van der Waals surface area contributed by atoms with Crippen LogP contribution >= 0.6 is 15.9 Å². The second-order valence-corrected chi connectivity index (χ2v) is 6.19. The first-order valence-corrected chi connectivity index (χ1v) is 8.00. The highest BCUT2D eigenvalue weighted by molar-refractivity contribution is 9.10. The number of rotatable bonds is 5. The molecule has 1 heterocycles. The van der Waals surface area contributed by atoms with Gasteiger partial charge in [-0.1, -0.05) is 46.3 Å². The van der Waals surface area contributed by atoms with Gasteiger partial charge in [0.05, 0.1) is 0 Å². The van der Waals surface area contributed by atoms with Crippen molar-refractivity contribution in [3.05, 3.63) is 64.6 Å². The summed E-state index contributed by atoms with van der Waals surface area (Å²) < 4.78 is 6.34. The van der Waals surface area contributed by atoms with Crippen molar-refractivity contribution < 1.29 is 4.74 Å². The lowest BCUT2D eigenvalue weighted by molar-refractivity contribution is 0.313. The van der Waals surface area contributed by atoms with Crippen molar-refractivity contribution in [3.63, 3.8) is 0 Å². The van der Waals surface area contributed by atoms with Crippen LogP contribution in [0.25, 0.3) is 0 Å². The molecule has 2 aromatic carbocycles. The maximum atomic E-state index is 5.62. The molecule has 0 bridgehead atoms. The average Bonchev–Trinajstić information content (AvgIpc) is 2.94. The van der Waals surface area contributed by atoms with Gasteiger partial charge in [0.15, 0.2) is 0 Å². The fourth-order valence-electron chi connectivity index (χ4n) is 2.50. The average molecular weight is 360 g/mol. The first kappa shape index (κ1) is 14.9. The zero-order valence-electron chi connectivity index (χ0n) is 12.2. The van der Waals surface area contributed by atoms with Crippen molar-refractivity contribution in [3.8, 4) is 0 Å². The molecule has 0 aliphatic carbocycles. The Morgan fingerprint density at radius 3 is 2.50 bits per heavy atom. The lowest BCUT2D eigenvalue weighted by atomic mass is 10.1. The second kappa shape index (κ2) is 6.83. The number of halogens is 1. The number of benzene rings is 2. The van der Waals surface area contributed by atoms with Crippen molar-refractivity contribution >= 4 is 27.6 Å². The molecule has 4 nitrogen and oxygen atoms in total. The Labute approximate surface area is 138 Å². The molecular weight excluding hydrogens is 342 g/mol. The Morgan fingerprint density at radius 2 is 1.86 bits per heavy atom. The maximum absolute atomic E-state index is 5.62. The van der Waals surface area contributed by atoms with Gasteiger partial charge in [0.2, 0.25) is 0 Å². The highest BCUT2D eigenvalue weighted by Gasteiger charge is 2.20. The fourth-order valence-corrected chi connectivity index (χ4v) is 2.77. The molecule has 1 unspecified atom stereocenters. The third kappa shape index (κ3) is 3.80. The molecule has 0 spiro atoms. The van der Waals surface area contributed by atoms with Crippen molar-refractivity contribution in [1.29, 1.82) is 0 Å². The third-order valence-corrected chi connectivity index (χ3v) is 4.10. The van der Waals surface area contributed by atoms with Crippen LogP contribution in [0, 0.1) is 0 Å². The zero-order valence-corrected chi connectivity index (χ0v) is 13.7. The van der Waals surface area contributed by atoms with Gasteiger partial charge in [-0.25, -0.2) is 4.99 Å². The standard InChI is InChI=1S/C17H18BrN3O/c18-14-6-8-16(9-7-14)21(10-13-4-2-1-3-5-13)11-15-12-22-17(19)20-15/h1-9,15H,10-12H2,(H2,19,20). The normalized spacial score (nSPS) is 17.0. The van der Waals surface area contributed by atoms with E-state index in [2.05, 4.69) is 74.4 Å². The first-order valence-electron chi connectivity index (χ1n) is 7.21. The molecular formula is C17H18BrN3O. The Morgan fingerprint density at radius 1 is 1.14 bits per heavy atom. The predicted octanol–water partition coefficient (Wildman–Crippen LogP) is 3.17. The summed E-state index contributed by atoms with van der Waals surface area (Å²) in [5.41, 5.74) is 8.04. The van der Waals surface area contributed by atoms with Gasteiger partial charge in [0.25, 0.3) is 6.02 Å². The molecule has 1 atom stereocenters. The maximum Gasteiger partial charge on any atom is 0.282 e. The minimum absolute atomic E-state index is 0.0763. The fraction of sp³-hybridized carbons (Fsp3) is 0.235. The number of nitrogens with zero attached hydrogens (tertiary/aromatic N) is 2. The number of anilines is 1. The summed E-state index contributed by atoms with van der Waals surface area (Å²) in [7, 11) is 0. The zero-order chi connectivity index (χ0) is 15.4. The van der Waals surface area contributed by atoms with E-state index in [1.807, 2.05) is 6.07 Å². The van der Waals surface area contributed by atoms with Crippen LogP contribution in [0.4, 0.5) is 5.69 Å². The number of amidine groups is 1. The van der Waals surface area contributed by atoms with Gasteiger partial charge in [0.1, 0.15) is 12.6 Å². The van der Waals surface area contributed by atoms with Crippen LogP contribution in [0.3, 0.4) is 0 Å². The van der Waals surface area contributed by atoms with E-state index in [0.29, 0.717) is 12.6 Å². The van der Waals surface area contributed by atoms with Crippen LogP contribution in [0.15, 0.2) is 64.1 Å². The van der Waals surface area contributed by atoms with Crippen molar-refractivity contribution in [2.45, 2.75) is 12.6 Å². The number of hydrogen-bond donors (Lipinski definition) is 1. The molecule has 0 fully saturated rings. The number of ether oxygens (including phenoxy) is 1. The quantitative estimate of drug-likeness (QED) is 0.891. The Balaban J connectivity index is 1.80. The molecule has 0 amide bonds. The molecule has 0 saturated carbocycles. The van der Waals surface area contributed by atoms with Crippen LogP contribution in [0.1, 0.15) is 5.56 Å². The number of hydrogen-bond acceptors (Lipinski definition) is 4. The largest absolute Gasteiger partial charge is 0.463 e. The molecule has 0 saturated heterocycles. The van der Waals surface area contributed by atoms with E-state index in [1.54, 1.807) is 0 Å². The van der Waals surface area contributed by atoms with Crippen LogP contribution < -0.4 is 10.6 Å². The van der Waals surface area contributed by atoms with Crippen LogP contribution in [0.5, 0.6) is 0 Å². The van der Waals surface area contributed by atoms with E-state index in [4.69, 9.17) is 10.5 Å². The summed E-state index contributed by atoms with van der Waals surface area (Å²) in [5.74, 6) is 0. The summed E-state index contributed by atoms with van der Waals surface area (Å²) in [5, 5.41) is 0. The van der Waals surface area contributed by atoms with E-state index in [1.165, 1.54) is 5.56 Å². The molecule has 1 aliphatic rings. The molecule has 3 rings (SSSR count).